The van der Waals surface area contributed by atoms with Crippen LogP contribution in [0.25, 0.3) is 0 Å². The van der Waals surface area contributed by atoms with E-state index in [4.69, 9.17) is 9.47 Å². The number of hydrogen-bond donors (Lipinski definition) is 1. The summed E-state index contributed by atoms with van der Waals surface area (Å²) in [6.45, 7) is 11.4. The second-order valence-corrected chi connectivity index (χ2v) is 7.57. The Bertz CT molecular complexity index is 698. The Morgan fingerprint density at radius 2 is 1.54 bits per heavy atom. The van der Waals surface area contributed by atoms with Crippen molar-refractivity contribution in [2.75, 3.05) is 13.2 Å². The average molecular weight is 355 g/mol. The zero-order chi connectivity index (χ0) is 19.2. The summed E-state index contributed by atoms with van der Waals surface area (Å²) >= 11 is 0. The number of rotatable bonds is 7. The molecule has 0 aliphatic carbocycles. The zero-order valence-electron chi connectivity index (χ0n) is 16.3. The van der Waals surface area contributed by atoms with Gasteiger partial charge in [-0.25, -0.2) is 0 Å². The SMILES string of the molecule is CC(C)Oc1ccc(C(=O)NCCOc2ccc(C(C)(C)C)cc2)cc1. The lowest BCUT2D eigenvalue weighted by molar-refractivity contribution is 0.0947. The molecule has 0 unspecified atom stereocenters. The molecule has 0 atom stereocenters. The summed E-state index contributed by atoms with van der Waals surface area (Å²) in [7, 11) is 0. The van der Waals surface area contributed by atoms with Gasteiger partial charge in [0.2, 0.25) is 0 Å². The predicted molar refractivity (Wildman–Crippen MR) is 105 cm³/mol. The van der Waals surface area contributed by atoms with Gasteiger partial charge in [-0.3, -0.25) is 4.79 Å². The zero-order valence-corrected chi connectivity index (χ0v) is 16.3. The van der Waals surface area contributed by atoms with E-state index >= 15 is 0 Å². The summed E-state index contributed by atoms with van der Waals surface area (Å²) in [4.78, 5) is 12.1. The van der Waals surface area contributed by atoms with Gasteiger partial charge in [0.1, 0.15) is 18.1 Å². The molecule has 2 rings (SSSR count). The lowest BCUT2D eigenvalue weighted by Crippen LogP contribution is -2.28. The van der Waals surface area contributed by atoms with Gasteiger partial charge in [0.15, 0.2) is 0 Å². The van der Waals surface area contributed by atoms with Gasteiger partial charge >= 0.3 is 0 Å². The molecule has 0 bridgehead atoms. The number of hydrogen-bond acceptors (Lipinski definition) is 3. The fourth-order valence-electron chi connectivity index (χ4n) is 2.44. The lowest BCUT2D eigenvalue weighted by atomic mass is 9.87. The van der Waals surface area contributed by atoms with E-state index in [0.29, 0.717) is 18.7 Å². The van der Waals surface area contributed by atoms with Crippen LogP contribution in [0.1, 0.15) is 50.5 Å². The van der Waals surface area contributed by atoms with Crippen molar-refractivity contribution in [3.8, 4) is 11.5 Å². The highest BCUT2D eigenvalue weighted by molar-refractivity contribution is 5.94. The van der Waals surface area contributed by atoms with E-state index in [9.17, 15) is 4.79 Å². The van der Waals surface area contributed by atoms with Crippen LogP contribution in [0.2, 0.25) is 0 Å². The molecule has 4 nitrogen and oxygen atoms in total. The minimum Gasteiger partial charge on any atom is -0.492 e. The normalized spacial score (nSPS) is 11.3. The maximum Gasteiger partial charge on any atom is 0.251 e. The Balaban J connectivity index is 1.76. The number of carbonyl (C=O) groups excluding carboxylic acids is 1. The summed E-state index contributed by atoms with van der Waals surface area (Å²) in [5, 5.41) is 2.86. The monoisotopic (exact) mass is 355 g/mol. The van der Waals surface area contributed by atoms with Crippen LogP contribution in [0.3, 0.4) is 0 Å². The maximum atomic E-state index is 12.1. The van der Waals surface area contributed by atoms with Crippen molar-refractivity contribution in [2.24, 2.45) is 0 Å². The van der Waals surface area contributed by atoms with Crippen molar-refractivity contribution >= 4 is 5.91 Å². The minimum absolute atomic E-state index is 0.115. The molecule has 0 aliphatic heterocycles. The van der Waals surface area contributed by atoms with Gasteiger partial charge in [-0.15, -0.1) is 0 Å². The van der Waals surface area contributed by atoms with E-state index in [-0.39, 0.29) is 17.4 Å². The quantitative estimate of drug-likeness (QED) is 0.740. The molecule has 4 heteroatoms. The Kier molecular flexibility index (Phi) is 6.67. The van der Waals surface area contributed by atoms with Crippen molar-refractivity contribution in [1.82, 2.24) is 5.32 Å². The van der Waals surface area contributed by atoms with E-state index in [1.807, 2.05) is 38.1 Å². The molecule has 0 spiro atoms. The van der Waals surface area contributed by atoms with Crippen molar-refractivity contribution in [3.63, 3.8) is 0 Å². The van der Waals surface area contributed by atoms with Crippen LogP contribution < -0.4 is 14.8 Å². The number of ether oxygens (including phenoxy) is 2. The van der Waals surface area contributed by atoms with Gasteiger partial charge in [-0.05, 0) is 61.2 Å². The third-order valence-corrected chi connectivity index (χ3v) is 3.86. The van der Waals surface area contributed by atoms with Crippen molar-refractivity contribution < 1.29 is 14.3 Å². The van der Waals surface area contributed by atoms with Crippen molar-refractivity contribution in [1.29, 1.82) is 0 Å². The number of nitrogens with one attached hydrogen (secondary N) is 1. The summed E-state index contributed by atoms with van der Waals surface area (Å²) in [6, 6.07) is 15.2. The third-order valence-electron chi connectivity index (χ3n) is 3.86. The summed E-state index contributed by atoms with van der Waals surface area (Å²) in [5.74, 6) is 1.45. The van der Waals surface area contributed by atoms with Crippen molar-refractivity contribution in [3.05, 3.63) is 59.7 Å². The Morgan fingerprint density at radius 1 is 0.962 bits per heavy atom. The second kappa shape index (κ2) is 8.75. The van der Waals surface area contributed by atoms with Gasteiger partial charge in [-0.2, -0.15) is 0 Å². The fraction of sp³-hybridized carbons (Fsp3) is 0.409. The highest BCUT2D eigenvalue weighted by atomic mass is 16.5. The van der Waals surface area contributed by atoms with Gasteiger partial charge in [0.05, 0.1) is 12.6 Å². The first-order valence-electron chi connectivity index (χ1n) is 9.04. The predicted octanol–water partition coefficient (Wildman–Crippen LogP) is 4.58. The first kappa shape index (κ1) is 19.8. The Labute approximate surface area is 156 Å². The molecule has 0 heterocycles. The molecule has 2 aromatic carbocycles. The molecular formula is C22H29NO3. The summed E-state index contributed by atoms with van der Waals surface area (Å²) in [6.07, 6.45) is 0.115. The van der Waals surface area contributed by atoms with Crippen LogP contribution in [-0.2, 0) is 5.41 Å². The van der Waals surface area contributed by atoms with Crippen LogP contribution in [0.15, 0.2) is 48.5 Å². The molecule has 0 fully saturated rings. The van der Waals surface area contributed by atoms with Gasteiger partial charge in [0, 0.05) is 5.56 Å². The number of carbonyl (C=O) groups is 1. The highest BCUT2D eigenvalue weighted by Crippen LogP contribution is 2.24. The molecule has 1 N–H and O–H groups in total. The first-order chi connectivity index (χ1) is 12.3. The smallest absolute Gasteiger partial charge is 0.251 e. The topological polar surface area (TPSA) is 47.6 Å². The van der Waals surface area contributed by atoms with Gasteiger partial charge < -0.3 is 14.8 Å². The van der Waals surface area contributed by atoms with Gasteiger partial charge in [-0.1, -0.05) is 32.9 Å². The molecule has 0 aromatic heterocycles. The third kappa shape index (κ3) is 6.10. The molecule has 0 aliphatic rings. The minimum atomic E-state index is -0.118. The second-order valence-electron chi connectivity index (χ2n) is 7.57. The number of amides is 1. The van der Waals surface area contributed by atoms with Crippen LogP contribution in [0.4, 0.5) is 0 Å². The summed E-state index contributed by atoms with van der Waals surface area (Å²) in [5.41, 5.74) is 2.00. The summed E-state index contributed by atoms with van der Waals surface area (Å²) < 4.78 is 11.3. The lowest BCUT2D eigenvalue weighted by Gasteiger charge is -2.19. The number of benzene rings is 2. The van der Waals surface area contributed by atoms with Crippen LogP contribution in [0.5, 0.6) is 11.5 Å². The van der Waals surface area contributed by atoms with E-state index in [2.05, 4.69) is 38.2 Å². The molecule has 0 radical (unpaired) electrons. The first-order valence-corrected chi connectivity index (χ1v) is 9.04. The average Bonchev–Trinajstić information content (AvgIpc) is 2.58. The molecule has 0 saturated heterocycles. The van der Waals surface area contributed by atoms with E-state index in [1.54, 1.807) is 12.1 Å². The fourth-order valence-corrected chi connectivity index (χ4v) is 2.44. The van der Waals surface area contributed by atoms with Crippen LogP contribution in [-0.4, -0.2) is 25.2 Å². The Hall–Kier alpha value is -2.49. The van der Waals surface area contributed by atoms with Crippen LogP contribution >= 0.6 is 0 Å². The van der Waals surface area contributed by atoms with Crippen molar-refractivity contribution in [2.45, 2.75) is 46.1 Å². The standard InChI is InChI=1S/C22H29NO3/c1-16(2)26-20-10-6-17(7-11-20)21(24)23-14-15-25-19-12-8-18(9-13-19)22(3,4)5/h6-13,16H,14-15H2,1-5H3,(H,23,24). The maximum absolute atomic E-state index is 12.1. The largest absolute Gasteiger partial charge is 0.492 e. The molecule has 140 valence electrons. The van der Waals surface area contributed by atoms with Gasteiger partial charge in [0.25, 0.3) is 5.91 Å². The molecular weight excluding hydrogens is 326 g/mol. The Morgan fingerprint density at radius 3 is 2.08 bits per heavy atom. The molecule has 26 heavy (non-hydrogen) atoms. The molecule has 0 saturated carbocycles. The van der Waals surface area contributed by atoms with Crippen LogP contribution in [0, 0.1) is 0 Å². The highest BCUT2D eigenvalue weighted by Gasteiger charge is 2.13. The van der Waals surface area contributed by atoms with E-state index < -0.39 is 0 Å². The van der Waals surface area contributed by atoms with E-state index in [0.717, 1.165) is 11.5 Å². The molecule has 2 aromatic rings. The molecule has 1 amide bonds. The van der Waals surface area contributed by atoms with E-state index in [1.165, 1.54) is 5.56 Å².